The van der Waals surface area contributed by atoms with Crippen LogP contribution in [0.3, 0.4) is 0 Å². The molecule has 0 bridgehead atoms. The molecule has 0 aliphatic heterocycles. The first-order valence-electron chi connectivity index (χ1n) is 8.01. The summed E-state index contributed by atoms with van der Waals surface area (Å²) in [5.74, 6) is -0.127. The van der Waals surface area contributed by atoms with Crippen LogP contribution >= 0.6 is 11.6 Å². The van der Waals surface area contributed by atoms with Crippen molar-refractivity contribution in [1.82, 2.24) is 15.2 Å². The first-order valence-corrected chi connectivity index (χ1v) is 8.38. The molecule has 0 saturated heterocycles. The first-order chi connectivity index (χ1) is 13.0. The number of benzene rings is 1. The van der Waals surface area contributed by atoms with Gasteiger partial charge in [-0.05, 0) is 37.3 Å². The molecule has 0 atom stereocenters. The van der Waals surface area contributed by atoms with E-state index < -0.39 is 11.8 Å². The third-order valence-corrected chi connectivity index (χ3v) is 4.03. The zero-order valence-electron chi connectivity index (χ0n) is 14.7. The number of anilines is 2. The van der Waals surface area contributed by atoms with Crippen LogP contribution < -0.4 is 15.0 Å². The van der Waals surface area contributed by atoms with Crippen LogP contribution in [0.2, 0.25) is 5.02 Å². The molecule has 140 valence electrons. The number of urea groups is 1. The number of carbonyl (C=O) groups is 1. The van der Waals surface area contributed by atoms with E-state index in [0.29, 0.717) is 22.9 Å². The Balaban J connectivity index is 1.86. The van der Waals surface area contributed by atoms with Crippen molar-refractivity contribution in [2.45, 2.75) is 13.5 Å². The van der Waals surface area contributed by atoms with Gasteiger partial charge in [0.2, 0.25) is 5.88 Å². The second-order valence-corrected chi connectivity index (χ2v) is 6.15. The van der Waals surface area contributed by atoms with E-state index in [0.717, 1.165) is 5.69 Å². The van der Waals surface area contributed by atoms with Gasteiger partial charge in [0.1, 0.15) is 5.82 Å². The Morgan fingerprint density at radius 2 is 2.15 bits per heavy atom. The maximum atomic E-state index is 13.3. The largest absolute Gasteiger partial charge is 0.481 e. The number of amides is 2. The number of pyridine rings is 1. The molecule has 1 aromatic carbocycles. The molecule has 2 amide bonds. The molecule has 0 fully saturated rings. The topological polar surface area (TPSA) is 83.1 Å². The van der Waals surface area contributed by atoms with E-state index in [1.807, 2.05) is 13.0 Å². The summed E-state index contributed by atoms with van der Waals surface area (Å²) in [4.78, 5) is 18.5. The molecule has 2 aromatic heterocycles. The lowest BCUT2D eigenvalue weighted by Crippen LogP contribution is -2.34. The van der Waals surface area contributed by atoms with Crippen molar-refractivity contribution in [2.75, 3.05) is 17.3 Å². The van der Waals surface area contributed by atoms with Crippen LogP contribution in [0.4, 0.5) is 20.6 Å². The van der Waals surface area contributed by atoms with Crippen molar-refractivity contribution in [3.8, 4) is 5.88 Å². The lowest BCUT2D eigenvalue weighted by Gasteiger charge is -2.22. The zero-order chi connectivity index (χ0) is 19.4. The van der Waals surface area contributed by atoms with Gasteiger partial charge < -0.3 is 10.1 Å². The Morgan fingerprint density at radius 1 is 1.33 bits per heavy atom. The quantitative estimate of drug-likeness (QED) is 0.686. The van der Waals surface area contributed by atoms with Crippen LogP contribution in [-0.4, -0.2) is 28.3 Å². The van der Waals surface area contributed by atoms with Crippen LogP contribution in [0.5, 0.6) is 5.88 Å². The molecule has 0 aliphatic carbocycles. The van der Waals surface area contributed by atoms with E-state index in [4.69, 9.17) is 16.3 Å². The minimum Gasteiger partial charge on any atom is -0.481 e. The van der Waals surface area contributed by atoms with Crippen molar-refractivity contribution in [1.29, 1.82) is 0 Å². The number of carbonyl (C=O) groups excluding carboxylic acids is 1. The second-order valence-electron chi connectivity index (χ2n) is 5.75. The smallest absolute Gasteiger partial charge is 0.326 e. The van der Waals surface area contributed by atoms with Gasteiger partial charge in [0.15, 0.2) is 0 Å². The molecule has 0 saturated carbocycles. The van der Waals surface area contributed by atoms with E-state index >= 15 is 0 Å². The first kappa shape index (κ1) is 18.7. The lowest BCUT2D eigenvalue weighted by molar-refractivity contribution is 0.256. The number of aromatic nitrogens is 3. The molecule has 0 spiro atoms. The minimum atomic E-state index is -0.558. The summed E-state index contributed by atoms with van der Waals surface area (Å²) in [5, 5.41) is 9.64. The highest BCUT2D eigenvalue weighted by molar-refractivity contribution is 6.31. The standard InChI is InChI=1S/C18H17ClFN5O2/c1-11-7-13(24-23-11)10-25(14-4-6-17(27-2)21-9-14)18(26)22-12-3-5-16(20)15(19)8-12/h3-9H,10H2,1-2H3,(H,22,26)(H,23,24). The number of aromatic amines is 1. The maximum absolute atomic E-state index is 13.3. The summed E-state index contributed by atoms with van der Waals surface area (Å²) in [5.41, 5.74) is 2.47. The normalized spacial score (nSPS) is 10.5. The van der Waals surface area contributed by atoms with Gasteiger partial charge in [-0.15, -0.1) is 0 Å². The zero-order valence-corrected chi connectivity index (χ0v) is 15.4. The molecule has 2 heterocycles. The van der Waals surface area contributed by atoms with Gasteiger partial charge in [0.05, 0.1) is 36.3 Å². The average Bonchev–Trinajstić information content (AvgIpc) is 3.08. The molecule has 9 heteroatoms. The summed E-state index contributed by atoms with van der Waals surface area (Å²) in [6, 6.07) is 8.73. The number of hydrogen-bond acceptors (Lipinski definition) is 4. The summed E-state index contributed by atoms with van der Waals surface area (Å²) in [6.45, 7) is 2.08. The Kier molecular flexibility index (Phi) is 5.56. The average molecular weight is 390 g/mol. The number of nitrogens with zero attached hydrogens (tertiary/aromatic N) is 3. The molecule has 2 N–H and O–H groups in total. The summed E-state index contributed by atoms with van der Waals surface area (Å²) in [7, 11) is 1.51. The highest BCUT2D eigenvalue weighted by Gasteiger charge is 2.19. The van der Waals surface area contributed by atoms with Crippen LogP contribution in [0.15, 0.2) is 42.6 Å². The van der Waals surface area contributed by atoms with Crippen molar-refractivity contribution < 1.29 is 13.9 Å². The number of nitrogens with one attached hydrogen (secondary N) is 2. The predicted octanol–water partition coefficient (Wildman–Crippen LogP) is 4.15. The molecule has 3 aromatic rings. The van der Waals surface area contributed by atoms with Crippen LogP contribution in [-0.2, 0) is 6.54 Å². The van der Waals surface area contributed by atoms with E-state index in [2.05, 4.69) is 20.5 Å². The number of rotatable bonds is 5. The summed E-state index contributed by atoms with van der Waals surface area (Å²) in [6.07, 6.45) is 1.52. The van der Waals surface area contributed by atoms with E-state index in [9.17, 15) is 9.18 Å². The maximum Gasteiger partial charge on any atom is 0.326 e. The fourth-order valence-electron chi connectivity index (χ4n) is 2.42. The summed E-state index contributed by atoms with van der Waals surface area (Å²) >= 11 is 5.78. The van der Waals surface area contributed by atoms with Crippen LogP contribution in [0.1, 0.15) is 11.4 Å². The molecule has 0 radical (unpaired) electrons. The molecule has 0 unspecified atom stereocenters. The molecule has 3 rings (SSSR count). The Labute approximate surface area is 160 Å². The van der Waals surface area contributed by atoms with Crippen molar-refractivity contribution in [3.63, 3.8) is 0 Å². The number of hydrogen-bond donors (Lipinski definition) is 2. The fourth-order valence-corrected chi connectivity index (χ4v) is 2.60. The Morgan fingerprint density at radius 3 is 2.74 bits per heavy atom. The molecular formula is C18H17ClFN5O2. The van der Waals surface area contributed by atoms with Crippen molar-refractivity contribution in [3.05, 3.63) is 64.8 Å². The van der Waals surface area contributed by atoms with Crippen molar-refractivity contribution >= 4 is 29.0 Å². The van der Waals surface area contributed by atoms with Gasteiger partial charge in [-0.25, -0.2) is 14.2 Å². The summed E-state index contributed by atoms with van der Waals surface area (Å²) < 4.78 is 18.4. The third-order valence-electron chi connectivity index (χ3n) is 3.74. The number of methoxy groups -OCH3 is 1. The highest BCUT2D eigenvalue weighted by atomic mass is 35.5. The number of H-pyrrole nitrogens is 1. The number of aryl methyl sites for hydroxylation is 1. The van der Waals surface area contributed by atoms with Crippen LogP contribution in [0, 0.1) is 12.7 Å². The second kappa shape index (κ2) is 8.05. The molecule has 27 heavy (non-hydrogen) atoms. The molecular weight excluding hydrogens is 373 g/mol. The SMILES string of the molecule is COc1ccc(N(Cc2cc(C)[nH]n2)C(=O)Nc2ccc(F)c(Cl)c2)cn1. The van der Waals surface area contributed by atoms with Gasteiger partial charge in [0, 0.05) is 17.4 Å². The van der Waals surface area contributed by atoms with E-state index in [1.165, 1.54) is 36.4 Å². The molecule has 0 aliphatic rings. The minimum absolute atomic E-state index is 0.0756. The van der Waals surface area contributed by atoms with Gasteiger partial charge in [-0.3, -0.25) is 10.00 Å². The Bertz CT molecular complexity index is 945. The van der Waals surface area contributed by atoms with Gasteiger partial charge in [-0.1, -0.05) is 11.6 Å². The van der Waals surface area contributed by atoms with E-state index in [-0.39, 0.29) is 11.6 Å². The lowest BCUT2D eigenvalue weighted by atomic mass is 10.3. The van der Waals surface area contributed by atoms with E-state index in [1.54, 1.807) is 12.1 Å². The van der Waals surface area contributed by atoms with Gasteiger partial charge >= 0.3 is 6.03 Å². The van der Waals surface area contributed by atoms with Crippen LogP contribution in [0.25, 0.3) is 0 Å². The number of ether oxygens (including phenoxy) is 1. The number of halogens is 2. The van der Waals surface area contributed by atoms with Crippen molar-refractivity contribution in [2.24, 2.45) is 0 Å². The monoisotopic (exact) mass is 389 g/mol. The van der Waals surface area contributed by atoms with Gasteiger partial charge in [-0.2, -0.15) is 5.10 Å². The molecule has 7 nitrogen and oxygen atoms in total. The fraction of sp³-hybridized carbons (Fsp3) is 0.167. The predicted molar refractivity (Wildman–Crippen MR) is 101 cm³/mol. The Hall–Kier alpha value is -3.13. The van der Waals surface area contributed by atoms with Gasteiger partial charge in [0.25, 0.3) is 0 Å². The third kappa shape index (κ3) is 4.53. The highest BCUT2D eigenvalue weighted by Crippen LogP contribution is 2.23.